The lowest BCUT2D eigenvalue weighted by Gasteiger charge is -2.25. The number of carbonyl (C=O) groups excluding carboxylic acids is 1. The van der Waals surface area contributed by atoms with Gasteiger partial charge in [0, 0.05) is 26.7 Å². The highest BCUT2D eigenvalue weighted by Crippen LogP contribution is 2.06. The molecule has 0 aromatic carbocycles. The van der Waals surface area contributed by atoms with Gasteiger partial charge in [-0.15, -0.1) is 0 Å². The molecule has 1 aromatic rings. The van der Waals surface area contributed by atoms with E-state index >= 15 is 0 Å². The number of carbonyl (C=O) groups is 1. The lowest BCUT2D eigenvalue weighted by Crippen LogP contribution is -2.40. The van der Waals surface area contributed by atoms with Gasteiger partial charge in [-0.05, 0) is 19.9 Å². The summed E-state index contributed by atoms with van der Waals surface area (Å²) in [5.41, 5.74) is -1.06. The van der Waals surface area contributed by atoms with Gasteiger partial charge in [0.15, 0.2) is 0 Å². The summed E-state index contributed by atoms with van der Waals surface area (Å²) >= 11 is 0. The smallest absolute Gasteiger partial charge is 0.274 e. The van der Waals surface area contributed by atoms with Crippen LogP contribution in [-0.4, -0.2) is 44.9 Å². The van der Waals surface area contributed by atoms with Gasteiger partial charge in [-0.3, -0.25) is 9.59 Å². The number of aliphatic hydroxyl groups is 1. The fourth-order valence-corrected chi connectivity index (χ4v) is 1.46. The predicted molar refractivity (Wildman–Crippen MR) is 62.7 cm³/mol. The standard InChI is InChI=1S/C11H17N3O3/c1-11(2,17)7-13(3)10(16)8-5-6-9(15)14(4)12-8/h5-6,17H,7H2,1-4H3. The lowest BCUT2D eigenvalue weighted by molar-refractivity contribution is 0.0363. The molecule has 0 atom stereocenters. The minimum absolute atomic E-state index is 0.179. The average molecular weight is 239 g/mol. The molecule has 0 bridgehead atoms. The summed E-state index contributed by atoms with van der Waals surface area (Å²) in [6.07, 6.45) is 0. The van der Waals surface area contributed by atoms with Crippen LogP contribution in [0.25, 0.3) is 0 Å². The zero-order valence-electron chi connectivity index (χ0n) is 10.5. The van der Waals surface area contributed by atoms with E-state index in [2.05, 4.69) is 5.10 Å². The summed E-state index contributed by atoms with van der Waals surface area (Å²) in [7, 11) is 3.06. The van der Waals surface area contributed by atoms with Gasteiger partial charge in [0.05, 0.1) is 5.60 Å². The van der Waals surface area contributed by atoms with Gasteiger partial charge in [0.25, 0.3) is 11.5 Å². The van der Waals surface area contributed by atoms with Gasteiger partial charge in [0.2, 0.25) is 0 Å². The Kier molecular flexibility index (Phi) is 3.67. The van der Waals surface area contributed by atoms with E-state index in [1.165, 1.54) is 24.1 Å². The summed E-state index contributed by atoms with van der Waals surface area (Å²) in [5.74, 6) is -0.331. The van der Waals surface area contributed by atoms with E-state index in [1.807, 2.05) is 0 Å². The summed E-state index contributed by atoms with van der Waals surface area (Å²) < 4.78 is 1.10. The Morgan fingerprint density at radius 3 is 2.59 bits per heavy atom. The fourth-order valence-electron chi connectivity index (χ4n) is 1.46. The number of aryl methyl sites for hydroxylation is 1. The average Bonchev–Trinajstić information content (AvgIpc) is 2.18. The van der Waals surface area contributed by atoms with Crippen molar-refractivity contribution in [1.82, 2.24) is 14.7 Å². The largest absolute Gasteiger partial charge is 0.389 e. The Hall–Kier alpha value is -1.69. The fraction of sp³-hybridized carbons (Fsp3) is 0.545. The molecule has 94 valence electrons. The van der Waals surface area contributed by atoms with E-state index in [9.17, 15) is 14.7 Å². The highest BCUT2D eigenvalue weighted by Gasteiger charge is 2.21. The molecule has 0 aliphatic rings. The van der Waals surface area contributed by atoms with E-state index in [0.29, 0.717) is 0 Å². The Bertz CT molecular complexity index is 474. The molecule has 1 amide bonds. The number of likely N-dealkylation sites (N-methyl/N-ethyl adjacent to an activating group) is 1. The van der Waals surface area contributed by atoms with Crippen molar-refractivity contribution in [2.75, 3.05) is 13.6 Å². The minimum atomic E-state index is -0.967. The van der Waals surface area contributed by atoms with Crippen LogP contribution in [0.4, 0.5) is 0 Å². The van der Waals surface area contributed by atoms with Crippen molar-refractivity contribution in [3.63, 3.8) is 0 Å². The molecule has 1 heterocycles. The number of rotatable bonds is 3. The highest BCUT2D eigenvalue weighted by atomic mass is 16.3. The van der Waals surface area contributed by atoms with Crippen molar-refractivity contribution >= 4 is 5.91 Å². The zero-order valence-corrected chi connectivity index (χ0v) is 10.5. The summed E-state index contributed by atoms with van der Waals surface area (Å²) in [4.78, 5) is 24.4. The van der Waals surface area contributed by atoms with Gasteiger partial charge in [-0.1, -0.05) is 0 Å². The monoisotopic (exact) mass is 239 g/mol. The van der Waals surface area contributed by atoms with Gasteiger partial charge in [0.1, 0.15) is 5.69 Å². The van der Waals surface area contributed by atoms with Crippen molar-refractivity contribution in [2.24, 2.45) is 7.05 Å². The van der Waals surface area contributed by atoms with Crippen LogP contribution in [0.3, 0.4) is 0 Å². The van der Waals surface area contributed by atoms with E-state index < -0.39 is 5.60 Å². The van der Waals surface area contributed by atoms with Crippen LogP contribution in [0, 0.1) is 0 Å². The molecular formula is C11H17N3O3. The maximum absolute atomic E-state index is 11.9. The molecule has 6 heteroatoms. The second kappa shape index (κ2) is 4.67. The molecule has 1 N–H and O–H groups in total. The first-order valence-electron chi connectivity index (χ1n) is 5.23. The first-order valence-corrected chi connectivity index (χ1v) is 5.23. The number of aromatic nitrogens is 2. The van der Waals surface area contributed by atoms with Crippen LogP contribution in [0.5, 0.6) is 0 Å². The normalized spacial score (nSPS) is 11.4. The zero-order chi connectivity index (χ0) is 13.2. The molecule has 1 aromatic heterocycles. The van der Waals surface area contributed by atoms with Crippen molar-refractivity contribution in [1.29, 1.82) is 0 Å². The van der Waals surface area contributed by atoms with E-state index in [-0.39, 0.29) is 23.7 Å². The predicted octanol–water partition coefficient (Wildman–Crippen LogP) is -0.377. The van der Waals surface area contributed by atoms with Gasteiger partial charge in [-0.25, -0.2) is 4.68 Å². The molecular weight excluding hydrogens is 222 g/mol. The minimum Gasteiger partial charge on any atom is -0.389 e. The third-order valence-electron chi connectivity index (χ3n) is 2.15. The van der Waals surface area contributed by atoms with Crippen molar-refractivity contribution in [3.05, 3.63) is 28.2 Å². The molecule has 0 saturated carbocycles. The molecule has 1 rings (SSSR count). The van der Waals surface area contributed by atoms with Gasteiger partial charge >= 0.3 is 0 Å². The van der Waals surface area contributed by atoms with Crippen LogP contribution < -0.4 is 5.56 Å². The molecule has 0 radical (unpaired) electrons. The molecule has 0 fully saturated rings. The van der Waals surface area contributed by atoms with E-state index in [4.69, 9.17) is 0 Å². The molecule has 0 unspecified atom stereocenters. The molecule has 0 aliphatic carbocycles. The Morgan fingerprint density at radius 2 is 2.12 bits per heavy atom. The second-order valence-electron chi connectivity index (χ2n) is 4.65. The highest BCUT2D eigenvalue weighted by molar-refractivity contribution is 5.91. The first-order chi connectivity index (χ1) is 7.70. The van der Waals surface area contributed by atoms with E-state index in [0.717, 1.165) is 4.68 Å². The lowest BCUT2D eigenvalue weighted by atomic mass is 10.1. The summed E-state index contributed by atoms with van der Waals surface area (Å²) in [6.45, 7) is 3.42. The summed E-state index contributed by atoms with van der Waals surface area (Å²) in [6, 6.07) is 2.67. The third kappa shape index (κ3) is 3.67. The van der Waals surface area contributed by atoms with Crippen molar-refractivity contribution in [3.8, 4) is 0 Å². The van der Waals surface area contributed by atoms with Crippen LogP contribution in [0.2, 0.25) is 0 Å². The number of amides is 1. The molecule has 0 spiro atoms. The van der Waals surface area contributed by atoms with Crippen LogP contribution in [-0.2, 0) is 7.05 Å². The Morgan fingerprint density at radius 1 is 1.53 bits per heavy atom. The third-order valence-corrected chi connectivity index (χ3v) is 2.15. The molecule has 6 nitrogen and oxygen atoms in total. The van der Waals surface area contributed by atoms with E-state index in [1.54, 1.807) is 20.9 Å². The summed E-state index contributed by atoms with van der Waals surface area (Å²) in [5, 5.41) is 13.5. The topological polar surface area (TPSA) is 75.4 Å². The maximum Gasteiger partial charge on any atom is 0.274 e. The molecule has 0 aliphatic heterocycles. The number of nitrogens with zero attached hydrogens (tertiary/aromatic N) is 3. The van der Waals surface area contributed by atoms with Crippen molar-refractivity contribution in [2.45, 2.75) is 19.4 Å². The Balaban J connectivity index is 2.89. The molecule has 0 saturated heterocycles. The van der Waals surface area contributed by atoms with Crippen LogP contribution in [0.1, 0.15) is 24.3 Å². The van der Waals surface area contributed by atoms with Crippen LogP contribution >= 0.6 is 0 Å². The van der Waals surface area contributed by atoms with Gasteiger partial charge < -0.3 is 10.0 Å². The second-order valence-corrected chi connectivity index (χ2v) is 4.65. The van der Waals surface area contributed by atoms with Crippen molar-refractivity contribution < 1.29 is 9.90 Å². The van der Waals surface area contributed by atoms with Crippen LogP contribution in [0.15, 0.2) is 16.9 Å². The number of hydrogen-bond acceptors (Lipinski definition) is 4. The maximum atomic E-state index is 11.9. The Labute approximate surface area is 99.5 Å². The first kappa shape index (κ1) is 13.4. The number of hydrogen-bond donors (Lipinski definition) is 1. The quantitative estimate of drug-likeness (QED) is 0.780. The SMILES string of the molecule is CN(CC(C)(C)O)C(=O)c1ccc(=O)n(C)n1. The van der Waals surface area contributed by atoms with Gasteiger partial charge in [-0.2, -0.15) is 5.10 Å². The molecule has 17 heavy (non-hydrogen) atoms.